The summed E-state index contributed by atoms with van der Waals surface area (Å²) in [5, 5.41) is 0. The predicted molar refractivity (Wildman–Crippen MR) is 55.9 cm³/mol. The van der Waals surface area contributed by atoms with Crippen molar-refractivity contribution in [3.8, 4) is 0 Å². The summed E-state index contributed by atoms with van der Waals surface area (Å²) in [6.45, 7) is 9.59. The van der Waals surface area contributed by atoms with E-state index < -0.39 is 8.07 Å². The van der Waals surface area contributed by atoms with Crippen molar-refractivity contribution in [1.29, 1.82) is 0 Å². The van der Waals surface area contributed by atoms with Crippen molar-refractivity contribution in [3.05, 3.63) is 12.3 Å². The van der Waals surface area contributed by atoms with Gasteiger partial charge in [-0.3, -0.25) is 0 Å². The first-order valence-corrected chi connectivity index (χ1v) is 7.84. The Balaban J connectivity index is 2.57. The maximum atomic E-state index is 5.82. The normalized spacial score (nSPS) is 29.3. The molecule has 2 atom stereocenters. The fourth-order valence-corrected chi connectivity index (χ4v) is 4.13. The zero-order valence-corrected chi connectivity index (χ0v) is 9.31. The van der Waals surface area contributed by atoms with Gasteiger partial charge in [-0.2, -0.15) is 0 Å². The van der Waals surface area contributed by atoms with Crippen molar-refractivity contribution in [1.82, 2.24) is 0 Å². The van der Waals surface area contributed by atoms with Crippen LogP contribution in [0.5, 0.6) is 0 Å². The van der Waals surface area contributed by atoms with Gasteiger partial charge in [0.15, 0.2) is 0 Å². The molecule has 0 saturated carbocycles. The third kappa shape index (κ3) is 1.99. The van der Waals surface area contributed by atoms with Gasteiger partial charge in [0.1, 0.15) is 8.07 Å². The molecular formula is C10H20OSi. The molecule has 0 aromatic carbocycles. The molecule has 1 saturated heterocycles. The van der Waals surface area contributed by atoms with Gasteiger partial charge in [-0.1, -0.05) is 25.2 Å². The van der Waals surface area contributed by atoms with Gasteiger partial charge in [0.25, 0.3) is 0 Å². The fraction of sp³-hybridized carbons (Fsp3) is 0.800. The molecule has 1 heterocycles. The number of hydrogen-bond acceptors (Lipinski definition) is 1. The molecule has 0 aromatic heterocycles. The van der Waals surface area contributed by atoms with Crippen molar-refractivity contribution in [2.45, 2.75) is 44.5 Å². The lowest BCUT2D eigenvalue weighted by atomic mass is 10.2. The molecule has 0 aliphatic carbocycles. The number of hydrogen-bond donors (Lipinski definition) is 0. The van der Waals surface area contributed by atoms with Crippen LogP contribution in [0.1, 0.15) is 26.2 Å². The highest BCUT2D eigenvalue weighted by atomic mass is 28.3. The van der Waals surface area contributed by atoms with Crippen LogP contribution in [0.4, 0.5) is 0 Å². The molecule has 2 heteroatoms. The molecule has 0 radical (unpaired) electrons. The summed E-state index contributed by atoms with van der Waals surface area (Å²) in [7, 11) is -1.25. The minimum absolute atomic E-state index is 0.550. The minimum Gasteiger partial charge on any atom is -0.381 e. The molecule has 0 bridgehead atoms. The first kappa shape index (κ1) is 10.0. The Bertz CT molecular complexity index is 152. The monoisotopic (exact) mass is 184 g/mol. The highest BCUT2D eigenvalue weighted by molar-refractivity contribution is 6.84. The van der Waals surface area contributed by atoms with Crippen LogP contribution in [0.2, 0.25) is 12.6 Å². The van der Waals surface area contributed by atoms with Crippen molar-refractivity contribution in [3.63, 3.8) is 0 Å². The van der Waals surface area contributed by atoms with Crippen molar-refractivity contribution in [2.75, 3.05) is 6.61 Å². The molecule has 1 nitrogen and oxygen atoms in total. The van der Waals surface area contributed by atoms with Crippen LogP contribution in [-0.2, 0) is 4.74 Å². The van der Waals surface area contributed by atoms with Crippen LogP contribution in [0.15, 0.2) is 12.3 Å². The van der Waals surface area contributed by atoms with E-state index in [1.165, 1.54) is 25.3 Å². The Morgan fingerprint density at radius 1 is 1.58 bits per heavy atom. The Hall–Kier alpha value is -0.0831. The Morgan fingerprint density at radius 3 is 2.75 bits per heavy atom. The smallest absolute Gasteiger partial charge is 0.107 e. The standard InChI is InChI=1S/C10H20OSi/c1-4-12(3,5-2)10-8-6-7-9-11-10/h4,10H,1,5-9H2,2-3H3. The summed E-state index contributed by atoms with van der Waals surface area (Å²) in [5.74, 6) is 0. The van der Waals surface area contributed by atoms with Gasteiger partial charge in [0.05, 0.1) is 5.73 Å². The van der Waals surface area contributed by atoms with Gasteiger partial charge in [-0.05, 0) is 19.3 Å². The van der Waals surface area contributed by atoms with Gasteiger partial charge in [-0.25, -0.2) is 0 Å². The summed E-state index contributed by atoms with van der Waals surface area (Å²) in [5.41, 5.74) is 2.75. The van der Waals surface area contributed by atoms with E-state index in [-0.39, 0.29) is 0 Å². The third-order valence-electron chi connectivity index (χ3n) is 3.14. The topological polar surface area (TPSA) is 9.23 Å². The highest BCUT2D eigenvalue weighted by Gasteiger charge is 2.33. The van der Waals surface area contributed by atoms with E-state index >= 15 is 0 Å². The zero-order valence-electron chi connectivity index (χ0n) is 8.31. The Labute approximate surface area is 76.8 Å². The lowest BCUT2D eigenvalue weighted by Gasteiger charge is -2.34. The third-order valence-corrected chi connectivity index (χ3v) is 7.53. The van der Waals surface area contributed by atoms with E-state index in [0.29, 0.717) is 5.73 Å². The van der Waals surface area contributed by atoms with E-state index in [0.717, 1.165) is 6.61 Å². The van der Waals surface area contributed by atoms with E-state index in [2.05, 4.69) is 25.7 Å². The van der Waals surface area contributed by atoms with Crippen LogP contribution in [0, 0.1) is 0 Å². The van der Waals surface area contributed by atoms with Gasteiger partial charge in [-0.15, -0.1) is 6.58 Å². The van der Waals surface area contributed by atoms with Crippen LogP contribution < -0.4 is 0 Å². The van der Waals surface area contributed by atoms with Gasteiger partial charge < -0.3 is 4.74 Å². The molecule has 70 valence electrons. The Morgan fingerprint density at radius 2 is 2.33 bits per heavy atom. The first-order valence-electron chi connectivity index (χ1n) is 4.98. The largest absolute Gasteiger partial charge is 0.381 e. The minimum atomic E-state index is -1.25. The van der Waals surface area contributed by atoms with Crippen LogP contribution in [0.3, 0.4) is 0 Å². The summed E-state index contributed by atoms with van der Waals surface area (Å²) < 4.78 is 5.82. The lowest BCUT2D eigenvalue weighted by molar-refractivity contribution is 0.0605. The van der Waals surface area contributed by atoms with Gasteiger partial charge in [0, 0.05) is 6.61 Å². The molecule has 12 heavy (non-hydrogen) atoms. The second-order valence-electron chi connectivity index (χ2n) is 3.92. The summed E-state index contributed by atoms with van der Waals surface area (Å²) in [6, 6.07) is 1.27. The van der Waals surface area contributed by atoms with E-state index in [1.807, 2.05) is 0 Å². The molecule has 0 aromatic rings. The quantitative estimate of drug-likeness (QED) is 0.613. The number of ether oxygens (including phenoxy) is 1. The SMILES string of the molecule is C=C[Si](C)(CC)C1CCCCO1. The second kappa shape index (κ2) is 4.24. The summed E-state index contributed by atoms with van der Waals surface area (Å²) in [4.78, 5) is 0. The van der Waals surface area contributed by atoms with E-state index in [1.54, 1.807) is 0 Å². The zero-order chi connectivity index (χ0) is 9.03. The maximum Gasteiger partial charge on any atom is 0.107 e. The molecular weight excluding hydrogens is 164 g/mol. The van der Waals surface area contributed by atoms with Crippen LogP contribution in [-0.4, -0.2) is 20.4 Å². The van der Waals surface area contributed by atoms with Gasteiger partial charge >= 0.3 is 0 Å². The van der Waals surface area contributed by atoms with E-state index in [9.17, 15) is 0 Å². The molecule has 1 rings (SSSR count). The highest BCUT2D eigenvalue weighted by Crippen LogP contribution is 2.25. The molecule has 1 fully saturated rings. The summed E-state index contributed by atoms with van der Waals surface area (Å²) in [6.07, 6.45) is 3.87. The molecule has 0 N–H and O–H groups in total. The maximum absolute atomic E-state index is 5.82. The van der Waals surface area contributed by atoms with Crippen molar-refractivity contribution in [2.24, 2.45) is 0 Å². The molecule has 2 unspecified atom stereocenters. The molecule has 1 aliphatic rings. The van der Waals surface area contributed by atoms with Crippen LogP contribution >= 0.6 is 0 Å². The lowest BCUT2D eigenvalue weighted by Crippen LogP contribution is -2.45. The molecule has 0 spiro atoms. The van der Waals surface area contributed by atoms with Gasteiger partial charge in [0.2, 0.25) is 0 Å². The molecule has 0 amide bonds. The van der Waals surface area contributed by atoms with Crippen LogP contribution in [0.25, 0.3) is 0 Å². The van der Waals surface area contributed by atoms with E-state index in [4.69, 9.17) is 4.74 Å². The number of rotatable bonds is 3. The summed E-state index contributed by atoms with van der Waals surface area (Å²) >= 11 is 0. The van der Waals surface area contributed by atoms with Crippen molar-refractivity contribution >= 4 is 8.07 Å². The Kier molecular flexibility index (Phi) is 3.53. The van der Waals surface area contributed by atoms with Crippen molar-refractivity contribution < 1.29 is 4.74 Å². The average Bonchev–Trinajstić information content (AvgIpc) is 2.18. The predicted octanol–water partition coefficient (Wildman–Crippen LogP) is 2.92. The average molecular weight is 184 g/mol. The molecule has 1 aliphatic heterocycles. The fourth-order valence-electron chi connectivity index (χ4n) is 1.76. The first-order chi connectivity index (χ1) is 5.73. The second-order valence-corrected chi connectivity index (χ2v) is 8.69.